The van der Waals surface area contributed by atoms with Crippen molar-refractivity contribution in [1.82, 2.24) is 20.2 Å². The summed E-state index contributed by atoms with van der Waals surface area (Å²) in [7, 11) is 0. The number of nitrogens with zero attached hydrogens (tertiary/aromatic N) is 5. The van der Waals surface area contributed by atoms with Gasteiger partial charge in [0.15, 0.2) is 0 Å². The van der Waals surface area contributed by atoms with E-state index in [0.29, 0.717) is 17.2 Å². The van der Waals surface area contributed by atoms with Crippen molar-refractivity contribution in [2.24, 2.45) is 0 Å². The average molecular weight is 362 g/mol. The molecule has 1 N–H and O–H groups in total. The highest BCUT2D eigenvalue weighted by Crippen LogP contribution is 2.31. The summed E-state index contributed by atoms with van der Waals surface area (Å²) in [5, 5.41) is 15.2. The van der Waals surface area contributed by atoms with Gasteiger partial charge in [-0.1, -0.05) is 42.5 Å². The largest absolute Gasteiger partial charge is 0.324 e. The number of anilines is 2. The molecule has 136 valence electrons. The number of carbonyl (C=O) groups excluding carboxylic acids is 2. The lowest BCUT2D eigenvalue weighted by Gasteiger charge is -2.27. The summed E-state index contributed by atoms with van der Waals surface area (Å²) in [6.45, 7) is 1.79. The van der Waals surface area contributed by atoms with Gasteiger partial charge >= 0.3 is 0 Å². The summed E-state index contributed by atoms with van der Waals surface area (Å²) >= 11 is 0. The van der Waals surface area contributed by atoms with Gasteiger partial charge in [0, 0.05) is 18.0 Å². The minimum Gasteiger partial charge on any atom is -0.324 e. The van der Waals surface area contributed by atoms with E-state index >= 15 is 0 Å². The Morgan fingerprint density at radius 3 is 2.70 bits per heavy atom. The highest BCUT2D eigenvalue weighted by molar-refractivity contribution is 6.04. The van der Waals surface area contributed by atoms with E-state index in [0.717, 1.165) is 5.56 Å². The Morgan fingerprint density at radius 2 is 1.89 bits per heavy atom. The first-order valence-electron chi connectivity index (χ1n) is 8.66. The predicted molar refractivity (Wildman–Crippen MR) is 99.9 cm³/mol. The van der Waals surface area contributed by atoms with Gasteiger partial charge in [-0.25, -0.2) is 0 Å². The molecule has 1 atom stereocenters. The zero-order chi connectivity index (χ0) is 18.8. The molecule has 2 heterocycles. The van der Waals surface area contributed by atoms with Gasteiger partial charge in [-0.2, -0.15) is 4.80 Å². The van der Waals surface area contributed by atoms with Crippen LogP contribution in [0.15, 0.2) is 54.6 Å². The van der Waals surface area contributed by atoms with E-state index in [2.05, 4.69) is 20.7 Å². The van der Waals surface area contributed by atoms with Crippen LogP contribution in [-0.2, 0) is 16.1 Å². The molecule has 1 aliphatic rings. The zero-order valence-electron chi connectivity index (χ0n) is 14.7. The Kier molecular flexibility index (Phi) is 4.37. The second kappa shape index (κ2) is 6.99. The van der Waals surface area contributed by atoms with Crippen LogP contribution >= 0.6 is 0 Å². The monoisotopic (exact) mass is 362 g/mol. The summed E-state index contributed by atoms with van der Waals surface area (Å²) in [4.78, 5) is 28.0. The van der Waals surface area contributed by atoms with E-state index in [4.69, 9.17) is 0 Å². The number of hydrogen-bond acceptors (Lipinski definition) is 5. The molecule has 0 saturated heterocycles. The quantitative estimate of drug-likeness (QED) is 0.770. The lowest BCUT2D eigenvalue weighted by atomic mass is 10.1. The van der Waals surface area contributed by atoms with Gasteiger partial charge < -0.3 is 10.2 Å². The lowest BCUT2D eigenvalue weighted by Crippen LogP contribution is -2.41. The molecule has 0 unspecified atom stereocenters. The Bertz CT molecular complexity index is 985. The number of rotatable bonds is 3. The lowest BCUT2D eigenvalue weighted by molar-refractivity contribution is -0.120. The summed E-state index contributed by atoms with van der Waals surface area (Å²) in [5.41, 5.74) is 2.13. The molecular formula is C19H18N6O2. The van der Waals surface area contributed by atoms with Crippen LogP contribution in [-0.4, -0.2) is 38.1 Å². The molecule has 0 saturated carbocycles. The van der Waals surface area contributed by atoms with E-state index in [1.807, 2.05) is 55.5 Å². The van der Waals surface area contributed by atoms with Gasteiger partial charge in [-0.15, -0.1) is 10.2 Å². The zero-order valence-corrected chi connectivity index (χ0v) is 14.7. The van der Waals surface area contributed by atoms with E-state index in [1.165, 1.54) is 4.80 Å². The van der Waals surface area contributed by atoms with E-state index in [9.17, 15) is 9.59 Å². The molecule has 1 aromatic heterocycles. The van der Waals surface area contributed by atoms with Crippen LogP contribution in [0.4, 0.5) is 11.4 Å². The van der Waals surface area contributed by atoms with Gasteiger partial charge in [0.2, 0.25) is 11.7 Å². The number of aromatic nitrogens is 4. The molecule has 8 nitrogen and oxygen atoms in total. The molecule has 0 spiro atoms. The number of fused-ring (bicyclic) bond motifs is 1. The smallest absolute Gasteiger partial charge is 0.250 e. The fourth-order valence-corrected chi connectivity index (χ4v) is 3.18. The molecule has 2 aromatic carbocycles. The van der Waals surface area contributed by atoms with Crippen LogP contribution in [0.2, 0.25) is 0 Å². The Hall–Kier alpha value is -3.55. The Balaban J connectivity index is 1.59. The van der Waals surface area contributed by atoms with Gasteiger partial charge in [-0.3, -0.25) is 9.59 Å². The summed E-state index contributed by atoms with van der Waals surface area (Å²) in [6.07, 6.45) is 0.223. The third-order valence-electron chi connectivity index (χ3n) is 4.39. The minimum absolute atomic E-state index is 0.0628. The minimum atomic E-state index is -0.279. The van der Waals surface area contributed by atoms with Crippen LogP contribution in [0.5, 0.6) is 0 Å². The van der Waals surface area contributed by atoms with Crippen molar-refractivity contribution in [3.63, 3.8) is 0 Å². The SMILES string of the molecule is C[C@@H]1CC(=O)Nc2ccccc2N1C(=O)Cn1nnc(-c2ccccc2)n1. The number of hydrogen-bond donors (Lipinski definition) is 1. The summed E-state index contributed by atoms with van der Waals surface area (Å²) in [6, 6.07) is 16.4. The molecule has 2 amide bonds. The molecule has 0 aliphatic carbocycles. The van der Waals surface area contributed by atoms with Gasteiger partial charge in [-0.05, 0) is 24.3 Å². The first kappa shape index (κ1) is 16.9. The molecule has 8 heteroatoms. The van der Waals surface area contributed by atoms with Crippen molar-refractivity contribution >= 4 is 23.2 Å². The first-order chi connectivity index (χ1) is 13.1. The van der Waals surface area contributed by atoms with Crippen LogP contribution < -0.4 is 10.2 Å². The van der Waals surface area contributed by atoms with Crippen LogP contribution in [0.25, 0.3) is 11.4 Å². The summed E-state index contributed by atoms with van der Waals surface area (Å²) in [5.74, 6) is 0.142. The van der Waals surface area contributed by atoms with Gasteiger partial charge in [0.25, 0.3) is 5.91 Å². The van der Waals surface area contributed by atoms with E-state index in [1.54, 1.807) is 11.0 Å². The van der Waals surface area contributed by atoms with E-state index in [-0.39, 0.29) is 30.8 Å². The standard InChI is InChI=1S/C19H18N6O2/c1-13-11-17(26)20-15-9-5-6-10-16(15)25(13)18(27)12-24-22-19(21-23-24)14-7-3-2-4-8-14/h2-10,13H,11-12H2,1H3,(H,20,26)/t13-/m1/s1. The number of tetrazole rings is 1. The molecular weight excluding hydrogens is 344 g/mol. The number of para-hydroxylation sites is 2. The number of amides is 2. The normalized spacial score (nSPS) is 16.4. The van der Waals surface area contributed by atoms with Crippen LogP contribution in [0.1, 0.15) is 13.3 Å². The summed E-state index contributed by atoms with van der Waals surface area (Å²) < 4.78 is 0. The third kappa shape index (κ3) is 3.41. The highest BCUT2D eigenvalue weighted by atomic mass is 16.2. The molecule has 0 bridgehead atoms. The Morgan fingerprint density at radius 1 is 1.15 bits per heavy atom. The van der Waals surface area contributed by atoms with Gasteiger partial charge in [0.05, 0.1) is 11.4 Å². The maximum Gasteiger partial charge on any atom is 0.250 e. The number of carbonyl (C=O) groups is 2. The number of benzene rings is 2. The van der Waals surface area contributed by atoms with Crippen molar-refractivity contribution < 1.29 is 9.59 Å². The van der Waals surface area contributed by atoms with Crippen molar-refractivity contribution in [2.75, 3.05) is 10.2 Å². The fraction of sp³-hybridized carbons (Fsp3) is 0.211. The second-order valence-corrected chi connectivity index (χ2v) is 6.39. The molecule has 1 aliphatic heterocycles. The van der Waals surface area contributed by atoms with Crippen LogP contribution in [0, 0.1) is 0 Å². The average Bonchev–Trinajstić information content (AvgIpc) is 3.07. The topological polar surface area (TPSA) is 93.0 Å². The van der Waals surface area contributed by atoms with E-state index < -0.39 is 0 Å². The Labute approximate surface area is 155 Å². The molecule has 4 rings (SSSR count). The molecule has 27 heavy (non-hydrogen) atoms. The predicted octanol–water partition coefficient (Wildman–Crippen LogP) is 2.10. The fourth-order valence-electron chi connectivity index (χ4n) is 3.18. The van der Waals surface area contributed by atoms with Crippen molar-refractivity contribution in [3.8, 4) is 11.4 Å². The van der Waals surface area contributed by atoms with Crippen molar-refractivity contribution in [3.05, 3.63) is 54.6 Å². The molecule has 0 fully saturated rings. The maximum atomic E-state index is 13.0. The van der Waals surface area contributed by atoms with Crippen molar-refractivity contribution in [2.45, 2.75) is 25.9 Å². The molecule has 0 radical (unpaired) electrons. The van der Waals surface area contributed by atoms with Crippen LogP contribution in [0.3, 0.4) is 0 Å². The highest BCUT2D eigenvalue weighted by Gasteiger charge is 2.30. The van der Waals surface area contributed by atoms with Crippen molar-refractivity contribution in [1.29, 1.82) is 0 Å². The first-order valence-corrected chi connectivity index (χ1v) is 8.66. The second-order valence-electron chi connectivity index (χ2n) is 6.39. The third-order valence-corrected chi connectivity index (χ3v) is 4.39. The van der Waals surface area contributed by atoms with Gasteiger partial charge in [0.1, 0.15) is 6.54 Å². The maximum absolute atomic E-state index is 13.0. The number of nitrogens with one attached hydrogen (secondary N) is 1. The molecule has 3 aromatic rings.